The molecule has 0 bridgehead atoms. The van der Waals surface area contributed by atoms with Crippen LogP contribution in [-0.2, 0) is 9.53 Å². The lowest BCUT2D eigenvalue weighted by Gasteiger charge is -2.21. The van der Waals surface area contributed by atoms with Crippen LogP contribution in [0.3, 0.4) is 0 Å². The van der Waals surface area contributed by atoms with Gasteiger partial charge in [0, 0.05) is 12.1 Å². The topological polar surface area (TPSA) is 97.7 Å². The summed E-state index contributed by atoms with van der Waals surface area (Å²) in [5, 5.41) is 12.1. The van der Waals surface area contributed by atoms with E-state index in [0.29, 0.717) is 24.3 Å². The lowest BCUT2D eigenvalue weighted by atomic mass is 9.87. The molecular formula is C17H20N2O5. The Bertz CT molecular complexity index is 687. The third-order valence-corrected chi connectivity index (χ3v) is 4.28. The van der Waals surface area contributed by atoms with Crippen LogP contribution in [0.25, 0.3) is 0 Å². The first-order valence-electron chi connectivity index (χ1n) is 7.58. The molecule has 0 saturated heterocycles. The summed E-state index contributed by atoms with van der Waals surface area (Å²) in [6.45, 7) is 0. The van der Waals surface area contributed by atoms with Crippen molar-refractivity contribution in [2.24, 2.45) is 5.41 Å². The molecule has 0 heterocycles. The molecule has 128 valence electrons. The van der Waals surface area contributed by atoms with Gasteiger partial charge in [-0.05, 0) is 12.8 Å². The van der Waals surface area contributed by atoms with Gasteiger partial charge in [0.25, 0.3) is 0 Å². The summed E-state index contributed by atoms with van der Waals surface area (Å²) in [4.78, 5) is 24.6. The van der Waals surface area contributed by atoms with Crippen molar-refractivity contribution in [3.05, 3.63) is 17.7 Å². The van der Waals surface area contributed by atoms with Crippen molar-refractivity contribution in [3.8, 4) is 17.6 Å². The lowest BCUT2D eigenvalue weighted by Crippen LogP contribution is -2.33. The predicted molar refractivity (Wildman–Crippen MR) is 86.0 cm³/mol. The lowest BCUT2D eigenvalue weighted by molar-refractivity contribution is -0.122. The van der Waals surface area contributed by atoms with Crippen LogP contribution < -0.4 is 14.8 Å². The second-order valence-corrected chi connectivity index (χ2v) is 5.60. The first-order chi connectivity index (χ1) is 11.5. The number of nitrogens with one attached hydrogen (secondary N) is 1. The predicted octanol–water partition coefficient (Wildman–Crippen LogP) is 2.51. The molecule has 0 unspecified atom stereocenters. The summed E-state index contributed by atoms with van der Waals surface area (Å²) >= 11 is 0. The maximum absolute atomic E-state index is 12.6. The zero-order valence-electron chi connectivity index (χ0n) is 14.0. The average molecular weight is 332 g/mol. The summed E-state index contributed by atoms with van der Waals surface area (Å²) in [6, 6.07) is 5.05. The van der Waals surface area contributed by atoms with Gasteiger partial charge in [0.1, 0.15) is 5.41 Å². The van der Waals surface area contributed by atoms with Crippen LogP contribution in [-0.4, -0.2) is 33.2 Å². The van der Waals surface area contributed by atoms with E-state index in [4.69, 9.17) is 14.2 Å². The first-order valence-corrected chi connectivity index (χ1v) is 7.58. The van der Waals surface area contributed by atoms with E-state index in [1.807, 2.05) is 0 Å². The molecule has 7 heteroatoms. The molecule has 2 rings (SSSR count). The molecule has 0 aromatic heterocycles. The summed E-state index contributed by atoms with van der Waals surface area (Å²) < 4.78 is 15.1. The van der Waals surface area contributed by atoms with Crippen LogP contribution in [0, 0.1) is 16.7 Å². The van der Waals surface area contributed by atoms with E-state index in [9.17, 15) is 14.9 Å². The monoisotopic (exact) mass is 332 g/mol. The van der Waals surface area contributed by atoms with Gasteiger partial charge in [-0.3, -0.25) is 4.79 Å². The zero-order chi connectivity index (χ0) is 17.7. The Morgan fingerprint density at radius 3 is 2.21 bits per heavy atom. The molecule has 0 atom stereocenters. The molecule has 1 aromatic carbocycles. The van der Waals surface area contributed by atoms with Crippen molar-refractivity contribution >= 4 is 17.6 Å². The summed E-state index contributed by atoms with van der Waals surface area (Å²) in [5.74, 6) is -0.340. The molecule has 0 spiro atoms. The normalized spacial score (nSPS) is 15.2. The third kappa shape index (κ3) is 3.13. The fourth-order valence-corrected chi connectivity index (χ4v) is 2.87. The van der Waals surface area contributed by atoms with Crippen LogP contribution in [0.5, 0.6) is 11.5 Å². The summed E-state index contributed by atoms with van der Waals surface area (Å²) in [6.07, 6.45) is 2.68. The standard InChI is InChI=1S/C17H20N2O5/c1-22-13-8-11(15(20)24-3)12(9-14(13)23-2)19-16(21)17(10-18)6-4-5-7-17/h8-9H,4-7H2,1-3H3,(H,19,21). The largest absolute Gasteiger partial charge is 0.493 e. The Labute approximate surface area is 140 Å². The van der Waals surface area contributed by atoms with E-state index in [1.54, 1.807) is 0 Å². The third-order valence-electron chi connectivity index (χ3n) is 4.28. The molecule has 1 aliphatic carbocycles. The Morgan fingerprint density at radius 2 is 1.71 bits per heavy atom. The number of benzene rings is 1. The number of rotatable bonds is 5. The number of hydrogen-bond acceptors (Lipinski definition) is 6. The van der Waals surface area contributed by atoms with Gasteiger partial charge >= 0.3 is 5.97 Å². The Balaban J connectivity index is 2.42. The van der Waals surface area contributed by atoms with Gasteiger partial charge in [0.2, 0.25) is 5.91 Å². The summed E-state index contributed by atoms with van der Waals surface area (Å²) in [5.41, 5.74) is -0.693. The highest BCUT2D eigenvalue weighted by Crippen LogP contribution is 2.40. The SMILES string of the molecule is COC(=O)c1cc(OC)c(OC)cc1NC(=O)C1(C#N)CCCC1. The van der Waals surface area contributed by atoms with Crippen molar-refractivity contribution in [3.63, 3.8) is 0 Å². The van der Waals surface area contributed by atoms with E-state index in [1.165, 1.54) is 33.5 Å². The highest BCUT2D eigenvalue weighted by atomic mass is 16.5. The fraction of sp³-hybridized carbons (Fsp3) is 0.471. The Morgan fingerprint density at radius 1 is 1.12 bits per heavy atom. The van der Waals surface area contributed by atoms with Gasteiger partial charge in [0.05, 0.1) is 38.6 Å². The second-order valence-electron chi connectivity index (χ2n) is 5.60. The van der Waals surface area contributed by atoms with E-state index in [0.717, 1.165) is 12.8 Å². The number of nitrogens with zero attached hydrogens (tertiary/aromatic N) is 1. The van der Waals surface area contributed by atoms with Crippen molar-refractivity contribution in [1.82, 2.24) is 0 Å². The highest BCUT2D eigenvalue weighted by molar-refractivity contribution is 6.04. The van der Waals surface area contributed by atoms with Gasteiger partial charge in [0.15, 0.2) is 11.5 Å². The van der Waals surface area contributed by atoms with E-state index in [2.05, 4.69) is 11.4 Å². The van der Waals surface area contributed by atoms with Crippen molar-refractivity contribution in [2.75, 3.05) is 26.6 Å². The maximum Gasteiger partial charge on any atom is 0.340 e. The molecular weight excluding hydrogens is 312 g/mol. The number of carbonyl (C=O) groups excluding carboxylic acids is 2. The second kappa shape index (κ2) is 7.21. The smallest absolute Gasteiger partial charge is 0.340 e. The summed E-state index contributed by atoms with van der Waals surface area (Å²) in [7, 11) is 4.15. The number of esters is 1. The van der Waals surface area contributed by atoms with Crippen LogP contribution in [0.4, 0.5) is 5.69 Å². The number of methoxy groups -OCH3 is 3. The highest BCUT2D eigenvalue weighted by Gasteiger charge is 2.42. The maximum atomic E-state index is 12.6. The van der Waals surface area contributed by atoms with E-state index in [-0.39, 0.29) is 11.3 Å². The zero-order valence-corrected chi connectivity index (χ0v) is 14.0. The number of carbonyl (C=O) groups is 2. The number of amides is 1. The number of nitriles is 1. The van der Waals surface area contributed by atoms with Gasteiger partial charge in [-0.2, -0.15) is 5.26 Å². The van der Waals surface area contributed by atoms with Crippen molar-refractivity contribution in [2.45, 2.75) is 25.7 Å². The molecule has 1 saturated carbocycles. The van der Waals surface area contributed by atoms with Gasteiger partial charge in [-0.1, -0.05) is 12.8 Å². The molecule has 1 fully saturated rings. The Hall–Kier alpha value is -2.75. The molecule has 24 heavy (non-hydrogen) atoms. The van der Waals surface area contributed by atoms with Crippen LogP contribution in [0.2, 0.25) is 0 Å². The Kier molecular flexibility index (Phi) is 5.29. The minimum atomic E-state index is -1.06. The average Bonchev–Trinajstić information content (AvgIpc) is 3.10. The first kappa shape index (κ1) is 17.6. The van der Waals surface area contributed by atoms with Gasteiger partial charge in [-0.15, -0.1) is 0 Å². The molecule has 0 radical (unpaired) electrons. The van der Waals surface area contributed by atoms with Crippen molar-refractivity contribution in [1.29, 1.82) is 5.26 Å². The van der Waals surface area contributed by atoms with Gasteiger partial charge < -0.3 is 19.5 Å². The molecule has 0 aliphatic heterocycles. The van der Waals surface area contributed by atoms with Gasteiger partial charge in [-0.25, -0.2) is 4.79 Å². The van der Waals surface area contributed by atoms with E-state index < -0.39 is 17.3 Å². The number of anilines is 1. The van der Waals surface area contributed by atoms with Crippen molar-refractivity contribution < 1.29 is 23.8 Å². The van der Waals surface area contributed by atoms with E-state index >= 15 is 0 Å². The van der Waals surface area contributed by atoms with Crippen LogP contribution in [0.1, 0.15) is 36.0 Å². The number of ether oxygens (including phenoxy) is 3. The molecule has 1 amide bonds. The molecule has 1 aliphatic rings. The fourth-order valence-electron chi connectivity index (χ4n) is 2.87. The quantitative estimate of drug-likeness (QED) is 0.832. The van der Waals surface area contributed by atoms with Crippen LogP contribution >= 0.6 is 0 Å². The molecule has 1 aromatic rings. The minimum Gasteiger partial charge on any atom is -0.493 e. The van der Waals surface area contributed by atoms with Crippen LogP contribution in [0.15, 0.2) is 12.1 Å². The molecule has 1 N–H and O–H groups in total. The molecule has 7 nitrogen and oxygen atoms in total. The number of hydrogen-bond donors (Lipinski definition) is 1. The minimum absolute atomic E-state index is 0.134.